The van der Waals surface area contributed by atoms with Gasteiger partial charge in [-0.15, -0.1) is 0 Å². The molecule has 2 heteroatoms. The van der Waals surface area contributed by atoms with Gasteiger partial charge >= 0.3 is 0 Å². The average Bonchev–Trinajstić information content (AvgIpc) is 3.91. The quantitative estimate of drug-likeness (QED) is 0.166. The minimum absolute atomic E-state index is 0.123. The summed E-state index contributed by atoms with van der Waals surface area (Å²) in [6, 6.07) is 86.8. The Balaban J connectivity index is 0.904. The number of hydrogen-bond donors (Lipinski definition) is 0. The molecule has 0 amide bonds. The second kappa shape index (κ2) is 14.7. The molecule has 0 unspecified atom stereocenters. The number of rotatable bonds is 6. The molecule has 2 aliphatic carbocycles. The Labute approximate surface area is 385 Å². The predicted octanol–water partition coefficient (Wildman–Crippen LogP) is 17.1. The van der Waals surface area contributed by atoms with Crippen LogP contribution in [0.25, 0.3) is 66.4 Å². The van der Waals surface area contributed by atoms with Gasteiger partial charge in [0.25, 0.3) is 0 Å². The topological polar surface area (TPSA) is 16.4 Å². The summed E-state index contributed by atoms with van der Waals surface area (Å²) in [6.07, 6.45) is 0. The van der Waals surface area contributed by atoms with Crippen molar-refractivity contribution in [1.82, 2.24) is 0 Å². The number of para-hydroxylation sites is 2. The number of hydrogen-bond acceptors (Lipinski definition) is 2. The predicted molar refractivity (Wildman–Crippen MR) is 274 cm³/mol. The molecule has 66 heavy (non-hydrogen) atoms. The van der Waals surface area contributed by atoms with Gasteiger partial charge in [-0.2, -0.15) is 0 Å². The summed E-state index contributed by atoms with van der Waals surface area (Å²) < 4.78 is 6.45. The van der Waals surface area contributed by atoms with Crippen molar-refractivity contribution in [1.29, 1.82) is 0 Å². The van der Waals surface area contributed by atoms with E-state index in [4.69, 9.17) is 4.42 Å². The third-order valence-electron chi connectivity index (χ3n) is 14.6. The first-order valence-corrected chi connectivity index (χ1v) is 23.0. The fourth-order valence-electron chi connectivity index (χ4n) is 11.5. The number of furan rings is 1. The molecule has 0 atom stereocenters. The molecule has 13 rings (SSSR count). The van der Waals surface area contributed by atoms with Crippen molar-refractivity contribution in [2.24, 2.45) is 0 Å². The van der Waals surface area contributed by atoms with Gasteiger partial charge in [0.15, 0.2) is 0 Å². The van der Waals surface area contributed by atoms with Gasteiger partial charge in [0.2, 0.25) is 0 Å². The van der Waals surface area contributed by atoms with Gasteiger partial charge in [0, 0.05) is 38.8 Å². The molecular weight excluding hydrogens is 799 g/mol. The smallest absolute Gasteiger partial charge is 0.143 e. The summed E-state index contributed by atoms with van der Waals surface area (Å²) >= 11 is 0. The first-order valence-electron chi connectivity index (χ1n) is 23.0. The van der Waals surface area contributed by atoms with Crippen LogP contribution in [0.4, 0.5) is 17.1 Å². The van der Waals surface area contributed by atoms with Gasteiger partial charge in [0.05, 0.1) is 5.41 Å². The molecule has 0 radical (unpaired) electrons. The van der Waals surface area contributed by atoms with Crippen LogP contribution in [0.2, 0.25) is 0 Å². The van der Waals surface area contributed by atoms with Crippen molar-refractivity contribution < 1.29 is 4.42 Å². The lowest BCUT2D eigenvalue weighted by Gasteiger charge is -2.46. The SMILES string of the molecule is CC1(C)c2ccccc2C2(c3ccccc3-c3cc(-c4ccc(N(c5ccc(-c6ccccc6)cc5)c5ccc(-c6cccc7c6oc6ccccc67)cc5)cc4)ccc32)c2ccccc21. The summed E-state index contributed by atoms with van der Waals surface area (Å²) in [6.45, 7) is 4.76. The molecule has 2 nitrogen and oxygen atoms in total. The maximum absolute atomic E-state index is 6.45. The van der Waals surface area contributed by atoms with Crippen LogP contribution < -0.4 is 4.90 Å². The van der Waals surface area contributed by atoms with Gasteiger partial charge in [-0.05, 0) is 121 Å². The second-order valence-corrected chi connectivity index (χ2v) is 18.4. The Bertz CT molecular complexity index is 3600. The first-order chi connectivity index (χ1) is 32.5. The summed E-state index contributed by atoms with van der Waals surface area (Å²) in [5.74, 6) is 0. The lowest BCUT2D eigenvalue weighted by Crippen LogP contribution is -2.40. The maximum atomic E-state index is 6.45. The number of anilines is 3. The average molecular weight is 844 g/mol. The van der Waals surface area contributed by atoms with Gasteiger partial charge in [-0.3, -0.25) is 0 Å². The van der Waals surface area contributed by atoms with Crippen molar-refractivity contribution in [2.75, 3.05) is 4.90 Å². The Hall–Kier alpha value is -8.20. The number of benzene rings is 10. The highest BCUT2D eigenvalue weighted by Crippen LogP contribution is 2.62. The molecule has 1 heterocycles. The highest BCUT2D eigenvalue weighted by Gasteiger charge is 2.53. The number of fused-ring (bicyclic) bond motifs is 12. The molecule has 0 N–H and O–H groups in total. The van der Waals surface area contributed by atoms with Crippen LogP contribution in [0.5, 0.6) is 0 Å². The third kappa shape index (κ3) is 5.61. The normalized spacial score (nSPS) is 13.8. The van der Waals surface area contributed by atoms with E-state index in [-0.39, 0.29) is 5.41 Å². The lowest BCUT2D eigenvalue weighted by atomic mass is 9.55. The van der Waals surface area contributed by atoms with Crippen LogP contribution in [0.3, 0.4) is 0 Å². The van der Waals surface area contributed by atoms with Gasteiger partial charge < -0.3 is 9.32 Å². The van der Waals surface area contributed by atoms with E-state index in [2.05, 4.69) is 243 Å². The maximum Gasteiger partial charge on any atom is 0.143 e. The minimum Gasteiger partial charge on any atom is -0.455 e. The van der Waals surface area contributed by atoms with Gasteiger partial charge in [-0.25, -0.2) is 0 Å². The molecule has 0 bridgehead atoms. The van der Waals surface area contributed by atoms with E-state index in [1.807, 2.05) is 12.1 Å². The van der Waals surface area contributed by atoms with E-state index in [0.29, 0.717) is 0 Å². The molecule has 11 aromatic rings. The van der Waals surface area contributed by atoms with E-state index < -0.39 is 5.41 Å². The second-order valence-electron chi connectivity index (χ2n) is 18.4. The van der Waals surface area contributed by atoms with Gasteiger partial charge in [-0.1, -0.05) is 202 Å². The lowest BCUT2D eigenvalue weighted by molar-refractivity contribution is 0.563. The van der Waals surface area contributed by atoms with Crippen molar-refractivity contribution in [2.45, 2.75) is 24.7 Å². The van der Waals surface area contributed by atoms with E-state index in [9.17, 15) is 0 Å². The van der Waals surface area contributed by atoms with Crippen LogP contribution in [0.15, 0.2) is 241 Å². The zero-order valence-corrected chi connectivity index (χ0v) is 36.9. The van der Waals surface area contributed by atoms with Crippen molar-refractivity contribution in [3.8, 4) is 44.5 Å². The molecule has 1 aromatic heterocycles. The zero-order chi connectivity index (χ0) is 44.0. The van der Waals surface area contributed by atoms with E-state index in [0.717, 1.165) is 50.1 Å². The standard InChI is InChI=1S/C64H45NO/c1-63(2)57-22-9-11-24-59(57)64(60-25-12-10-23-58(60)63)55-21-8-6-17-51(55)54-41-46(33-40-56(54)64)44-29-36-48(37-30-44)65(47-34-27-43(28-35-47)42-15-4-3-5-16-42)49-38-31-45(32-39-49)50-19-14-20-53-52-18-7-13-26-61(52)66-62(50)53/h3-41H,1-2H3. The molecule has 1 spiro atoms. The molecule has 0 aliphatic heterocycles. The molecule has 0 fully saturated rings. The molecule has 2 aliphatic rings. The summed E-state index contributed by atoms with van der Waals surface area (Å²) in [5.41, 5.74) is 22.4. The van der Waals surface area contributed by atoms with Crippen LogP contribution in [-0.2, 0) is 10.8 Å². The fourth-order valence-corrected chi connectivity index (χ4v) is 11.5. The largest absolute Gasteiger partial charge is 0.455 e. The van der Waals surface area contributed by atoms with Gasteiger partial charge in [0.1, 0.15) is 11.2 Å². The molecule has 10 aromatic carbocycles. The summed E-state index contributed by atoms with van der Waals surface area (Å²) in [7, 11) is 0. The molecule has 0 saturated heterocycles. The molecule has 0 saturated carbocycles. The van der Waals surface area contributed by atoms with Crippen molar-refractivity contribution in [3.63, 3.8) is 0 Å². The van der Waals surface area contributed by atoms with Crippen LogP contribution in [-0.4, -0.2) is 0 Å². The fraction of sp³-hybridized carbons (Fsp3) is 0.0625. The van der Waals surface area contributed by atoms with Crippen molar-refractivity contribution >= 4 is 39.0 Å². The molecule has 312 valence electrons. The van der Waals surface area contributed by atoms with Crippen molar-refractivity contribution in [3.05, 3.63) is 270 Å². The Morgan fingerprint density at radius 3 is 1.42 bits per heavy atom. The first kappa shape index (κ1) is 38.3. The van der Waals surface area contributed by atoms with Crippen LogP contribution in [0, 0.1) is 0 Å². The number of nitrogens with zero attached hydrogens (tertiary/aromatic N) is 1. The summed E-state index contributed by atoms with van der Waals surface area (Å²) in [4.78, 5) is 2.35. The van der Waals surface area contributed by atoms with Crippen LogP contribution in [0.1, 0.15) is 47.2 Å². The Morgan fingerprint density at radius 2 is 0.773 bits per heavy atom. The zero-order valence-electron chi connectivity index (χ0n) is 36.9. The van der Waals surface area contributed by atoms with Crippen LogP contribution >= 0.6 is 0 Å². The molecular formula is C64H45NO. The van der Waals surface area contributed by atoms with E-state index in [1.165, 1.54) is 66.8 Å². The third-order valence-corrected chi connectivity index (χ3v) is 14.6. The minimum atomic E-state index is -0.401. The van der Waals surface area contributed by atoms with E-state index >= 15 is 0 Å². The summed E-state index contributed by atoms with van der Waals surface area (Å²) in [5, 5.41) is 2.27. The Morgan fingerprint density at radius 1 is 0.318 bits per heavy atom. The Kier molecular flexibility index (Phi) is 8.51. The van der Waals surface area contributed by atoms with E-state index in [1.54, 1.807) is 0 Å². The highest BCUT2D eigenvalue weighted by atomic mass is 16.3. The highest BCUT2D eigenvalue weighted by molar-refractivity contribution is 6.09. The monoisotopic (exact) mass is 843 g/mol.